The maximum absolute atomic E-state index is 10.5. The van der Waals surface area contributed by atoms with Gasteiger partial charge >= 0.3 is 5.97 Å². The van der Waals surface area contributed by atoms with Crippen LogP contribution in [0.25, 0.3) is 5.57 Å². The summed E-state index contributed by atoms with van der Waals surface area (Å²) in [5.41, 5.74) is 3.58. The van der Waals surface area contributed by atoms with Crippen LogP contribution >= 0.6 is 0 Å². The zero-order chi connectivity index (χ0) is 12.7. The molecule has 0 heterocycles. The van der Waals surface area contributed by atoms with Gasteiger partial charge in [-0.3, -0.25) is 4.79 Å². The Morgan fingerprint density at radius 3 is 2.35 bits per heavy atom. The Bertz CT molecular complexity index is 388. The number of allylic oxidation sites excluding steroid dienone is 1. The van der Waals surface area contributed by atoms with Crippen LogP contribution in [0.1, 0.15) is 44.2 Å². The molecule has 0 amide bonds. The summed E-state index contributed by atoms with van der Waals surface area (Å²) in [4.78, 5) is 10.5. The minimum Gasteiger partial charge on any atom is -0.481 e. The van der Waals surface area contributed by atoms with Crippen LogP contribution < -0.4 is 0 Å². The molecule has 0 aliphatic rings. The zero-order valence-corrected chi connectivity index (χ0v) is 10.6. The summed E-state index contributed by atoms with van der Waals surface area (Å²) in [5, 5.41) is 8.67. The van der Waals surface area contributed by atoms with E-state index in [1.807, 2.05) is 6.92 Å². The Morgan fingerprint density at radius 1 is 1.24 bits per heavy atom. The molecule has 0 bridgehead atoms. The SMILES string of the molecule is CCCc1ccc(/C(=C/CC(=O)O)CC)cc1. The van der Waals surface area contributed by atoms with Gasteiger partial charge in [-0.05, 0) is 29.5 Å². The molecule has 0 unspecified atom stereocenters. The molecule has 0 aromatic heterocycles. The summed E-state index contributed by atoms with van der Waals surface area (Å²) < 4.78 is 0. The van der Waals surface area contributed by atoms with Gasteiger partial charge in [0.1, 0.15) is 0 Å². The van der Waals surface area contributed by atoms with Gasteiger partial charge in [0.05, 0.1) is 6.42 Å². The molecule has 0 atom stereocenters. The molecule has 0 radical (unpaired) electrons. The van der Waals surface area contributed by atoms with Crippen molar-refractivity contribution >= 4 is 11.5 Å². The molecule has 0 aliphatic carbocycles. The highest BCUT2D eigenvalue weighted by Gasteiger charge is 2.01. The van der Waals surface area contributed by atoms with Crippen LogP contribution in [-0.2, 0) is 11.2 Å². The maximum atomic E-state index is 10.5. The van der Waals surface area contributed by atoms with Crippen molar-refractivity contribution in [2.24, 2.45) is 0 Å². The standard InChI is InChI=1S/C15H20O2/c1-3-5-12-6-8-14(9-7-12)13(4-2)10-11-15(16)17/h6-10H,3-5,11H2,1-2H3,(H,16,17)/b13-10+. The number of benzene rings is 1. The molecule has 2 nitrogen and oxygen atoms in total. The predicted octanol–water partition coefficient (Wildman–Crippen LogP) is 3.91. The lowest BCUT2D eigenvalue weighted by Crippen LogP contribution is -1.92. The quantitative estimate of drug-likeness (QED) is 0.807. The number of carboxylic acids is 1. The van der Waals surface area contributed by atoms with Crippen molar-refractivity contribution in [3.63, 3.8) is 0 Å². The largest absolute Gasteiger partial charge is 0.481 e. The number of carbonyl (C=O) groups is 1. The molecule has 1 rings (SSSR count). The number of aryl methyl sites for hydroxylation is 1. The normalized spacial score (nSPS) is 11.5. The van der Waals surface area contributed by atoms with E-state index in [-0.39, 0.29) is 6.42 Å². The van der Waals surface area contributed by atoms with Gasteiger partial charge < -0.3 is 5.11 Å². The molecule has 17 heavy (non-hydrogen) atoms. The van der Waals surface area contributed by atoms with E-state index in [0.717, 1.165) is 30.4 Å². The molecule has 0 fully saturated rings. The van der Waals surface area contributed by atoms with E-state index in [9.17, 15) is 4.79 Å². The topological polar surface area (TPSA) is 37.3 Å². The summed E-state index contributed by atoms with van der Waals surface area (Å²) in [6, 6.07) is 8.43. The molecule has 92 valence electrons. The van der Waals surface area contributed by atoms with E-state index in [1.54, 1.807) is 6.08 Å². The number of aliphatic carboxylic acids is 1. The zero-order valence-electron chi connectivity index (χ0n) is 10.6. The summed E-state index contributed by atoms with van der Waals surface area (Å²) in [7, 11) is 0. The lowest BCUT2D eigenvalue weighted by molar-refractivity contribution is -0.135. The fourth-order valence-electron chi connectivity index (χ4n) is 1.85. The van der Waals surface area contributed by atoms with Crippen LogP contribution in [0, 0.1) is 0 Å². The molecule has 0 saturated heterocycles. The summed E-state index contributed by atoms with van der Waals surface area (Å²) in [6.45, 7) is 4.21. The molecular weight excluding hydrogens is 212 g/mol. The number of hydrogen-bond acceptors (Lipinski definition) is 1. The van der Waals surface area contributed by atoms with E-state index in [2.05, 4.69) is 31.2 Å². The van der Waals surface area contributed by atoms with Crippen LogP contribution in [0.4, 0.5) is 0 Å². The first-order valence-corrected chi connectivity index (χ1v) is 6.17. The highest BCUT2D eigenvalue weighted by atomic mass is 16.4. The smallest absolute Gasteiger partial charge is 0.307 e. The number of rotatable bonds is 6. The fraction of sp³-hybridized carbons (Fsp3) is 0.400. The van der Waals surface area contributed by atoms with Gasteiger partial charge in [0.15, 0.2) is 0 Å². The minimum absolute atomic E-state index is 0.0971. The molecule has 0 aliphatic heterocycles. The van der Waals surface area contributed by atoms with Crippen LogP contribution in [0.3, 0.4) is 0 Å². The van der Waals surface area contributed by atoms with Gasteiger partial charge in [-0.25, -0.2) is 0 Å². The molecule has 1 aromatic carbocycles. The number of hydrogen-bond donors (Lipinski definition) is 1. The first kappa shape index (κ1) is 13.5. The second-order valence-electron chi connectivity index (χ2n) is 4.13. The molecule has 0 spiro atoms. The van der Waals surface area contributed by atoms with Crippen molar-refractivity contribution in [1.82, 2.24) is 0 Å². The van der Waals surface area contributed by atoms with Crippen molar-refractivity contribution in [2.45, 2.75) is 39.5 Å². The highest BCUT2D eigenvalue weighted by molar-refractivity contribution is 5.74. The predicted molar refractivity (Wildman–Crippen MR) is 71.0 cm³/mol. The Hall–Kier alpha value is -1.57. The maximum Gasteiger partial charge on any atom is 0.307 e. The first-order chi connectivity index (χ1) is 8.17. The van der Waals surface area contributed by atoms with E-state index in [1.165, 1.54) is 5.56 Å². The third-order valence-corrected chi connectivity index (χ3v) is 2.77. The van der Waals surface area contributed by atoms with Crippen molar-refractivity contribution in [3.05, 3.63) is 41.5 Å². The van der Waals surface area contributed by atoms with E-state index in [0.29, 0.717) is 0 Å². The molecule has 1 N–H and O–H groups in total. The van der Waals surface area contributed by atoms with E-state index >= 15 is 0 Å². The van der Waals surface area contributed by atoms with E-state index < -0.39 is 5.97 Å². The average Bonchev–Trinajstić information content (AvgIpc) is 2.32. The van der Waals surface area contributed by atoms with Crippen molar-refractivity contribution in [2.75, 3.05) is 0 Å². The molecule has 0 saturated carbocycles. The van der Waals surface area contributed by atoms with Gasteiger partial charge in [-0.2, -0.15) is 0 Å². The summed E-state index contributed by atoms with van der Waals surface area (Å²) >= 11 is 0. The van der Waals surface area contributed by atoms with E-state index in [4.69, 9.17) is 5.11 Å². The van der Waals surface area contributed by atoms with Crippen LogP contribution in [-0.4, -0.2) is 11.1 Å². The van der Waals surface area contributed by atoms with Gasteiger partial charge in [0, 0.05) is 0 Å². The minimum atomic E-state index is -0.779. The molecular formula is C15H20O2. The average molecular weight is 232 g/mol. The van der Waals surface area contributed by atoms with Gasteiger partial charge in [-0.1, -0.05) is 50.6 Å². The van der Waals surface area contributed by atoms with Crippen molar-refractivity contribution in [1.29, 1.82) is 0 Å². The summed E-state index contributed by atoms with van der Waals surface area (Å²) in [5.74, 6) is -0.779. The lowest BCUT2D eigenvalue weighted by atomic mass is 10.00. The van der Waals surface area contributed by atoms with Gasteiger partial charge in [-0.15, -0.1) is 0 Å². The van der Waals surface area contributed by atoms with Gasteiger partial charge in [0.2, 0.25) is 0 Å². The van der Waals surface area contributed by atoms with Crippen LogP contribution in [0.5, 0.6) is 0 Å². The Balaban J connectivity index is 2.81. The fourth-order valence-corrected chi connectivity index (χ4v) is 1.85. The van der Waals surface area contributed by atoms with Gasteiger partial charge in [0.25, 0.3) is 0 Å². The third kappa shape index (κ3) is 4.43. The molecule has 2 heteroatoms. The lowest BCUT2D eigenvalue weighted by Gasteiger charge is -2.06. The van der Waals surface area contributed by atoms with Crippen molar-refractivity contribution in [3.8, 4) is 0 Å². The Kier molecular flexibility index (Phi) is 5.47. The Morgan fingerprint density at radius 2 is 1.88 bits per heavy atom. The highest BCUT2D eigenvalue weighted by Crippen LogP contribution is 2.19. The van der Waals surface area contributed by atoms with Crippen LogP contribution in [0.2, 0.25) is 0 Å². The Labute approximate surface area is 103 Å². The number of carboxylic acid groups (broad SMARTS) is 1. The second kappa shape index (κ2) is 6.89. The summed E-state index contributed by atoms with van der Waals surface area (Å²) in [6.07, 6.45) is 5.01. The monoisotopic (exact) mass is 232 g/mol. The van der Waals surface area contributed by atoms with Crippen molar-refractivity contribution < 1.29 is 9.90 Å². The molecule has 1 aromatic rings. The third-order valence-electron chi connectivity index (χ3n) is 2.77. The first-order valence-electron chi connectivity index (χ1n) is 6.17. The van der Waals surface area contributed by atoms with Crippen LogP contribution in [0.15, 0.2) is 30.3 Å². The second-order valence-corrected chi connectivity index (χ2v) is 4.13.